The second kappa shape index (κ2) is 29.2. The molecule has 7 N–H and O–H groups in total. The quantitative estimate of drug-likeness (QED) is 0.0449. The van der Waals surface area contributed by atoms with Crippen LogP contribution in [0.2, 0.25) is 10.0 Å². The number of aromatic hydroxyl groups is 2. The number of carbonyl (C=O) groups is 8. The number of aliphatic carboxylic acids is 3. The maximum absolute atomic E-state index is 13.2. The number of rotatable bonds is 26. The van der Waals surface area contributed by atoms with Gasteiger partial charge in [0.25, 0.3) is 5.91 Å². The number of ether oxygens (including phenoxy) is 2. The number of nitrogens with one attached hydrogen (secondary N) is 2. The van der Waals surface area contributed by atoms with Crippen molar-refractivity contribution in [1.82, 2.24) is 30.2 Å². The van der Waals surface area contributed by atoms with E-state index in [4.69, 9.17) is 32.7 Å². The fraction of sp³-hybridized carbons (Fsp3) is 0.458. The van der Waals surface area contributed by atoms with Crippen molar-refractivity contribution >= 4 is 70.3 Å². The zero-order valence-electron chi connectivity index (χ0n) is 39.3. The number of phenolic OH excluding ortho intramolecular Hbond substituents is 2. The smallest absolute Gasteiger partial charge is 0.326 e. The highest BCUT2D eigenvalue weighted by molar-refractivity contribution is 6.40. The van der Waals surface area contributed by atoms with Crippen LogP contribution >= 0.6 is 23.2 Å². The fourth-order valence-electron chi connectivity index (χ4n) is 7.55. The molecule has 2 amide bonds. The first-order chi connectivity index (χ1) is 33.8. The lowest BCUT2D eigenvalue weighted by Crippen LogP contribution is -2.49. The minimum Gasteiger partial charge on any atom is -0.508 e. The predicted octanol–water partition coefficient (Wildman–Crippen LogP) is 2.56. The summed E-state index contributed by atoms with van der Waals surface area (Å²) in [6, 6.07) is 11.2. The standard InChI is InChI=1S/C48H60Cl2N6O15/c1-31(57)27-53-10-14-55(29-44(63)64)16-12-54(13-17-56(15-11-53)30-45(65)66)28-43(62)51-9-18-70-19-20-71-37-23-33(22-36(59)26-37)42(61)8-6-40(48(68)69)52-47(67)46-38(49)24-34(25-39(46)50)41(60)7-5-32-3-2-4-35(58)21-32/h2-4,21-26,40,58-59H,5-20,27-30H2,1H3,(H,51,62)(H,52,67)(H,63,64)(H,65,66)(H,68,69)/t40-/m0/s1. The lowest BCUT2D eigenvalue weighted by molar-refractivity contribution is -0.140. The summed E-state index contributed by atoms with van der Waals surface area (Å²) in [5.41, 5.74) is 0.598. The molecule has 1 fully saturated rings. The number of aryl methyl sites for hydroxylation is 1. The molecule has 1 aliphatic heterocycles. The van der Waals surface area contributed by atoms with Gasteiger partial charge < -0.3 is 45.6 Å². The van der Waals surface area contributed by atoms with Crippen LogP contribution in [0, 0.1) is 0 Å². The summed E-state index contributed by atoms with van der Waals surface area (Å²) in [6.07, 6.45) is -0.346. The number of nitrogens with zero attached hydrogens (tertiary/aromatic N) is 4. The van der Waals surface area contributed by atoms with Gasteiger partial charge >= 0.3 is 17.9 Å². The maximum atomic E-state index is 13.2. The van der Waals surface area contributed by atoms with E-state index in [1.807, 2.05) is 9.80 Å². The second-order valence-electron chi connectivity index (χ2n) is 16.9. The Morgan fingerprint density at radius 1 is 0.648 bits per heavy atom. The Morgan fingerprint density at radius 2 is 1.20 bits per heavy atom. The number of hydrogen-bond acceptors (Lipinski definition) is 16. The van der Waals surface area contributed by atoms with Gasteiger partial charge in [0.15, 0.2) is 11.6 Å². The van der Waals surface area contributed by atoms with Crippen molar-refractivity contribution in [1.29, 1.82) is 0 Å². The average Bonchev–Trinajstić information content (AvgIpc) is 3.28. The van der Waals surface area contributed by atoms with E-state index >= 15 is 0 Å². The summed E-state index contributed by atoms with van der Waals surface area (Å²) in [4.78, 5) is 107. The summed E-state index contributed by atoms with van der Waals surface area (Å²) in [7, 11) is 0. The van der Waals surface area contributed by atoms with Crippen LogP contribution in [0.25, 0.3) is 0 Å². The van der Waals surface area contributed by atoms with E-state index in [2.05, 4.69) is 10.6 Å². The molecule has 0 unspecified atom stereocenters. The van der Waals surface area contributed by atoms with E-state index in [1.54, 1.807) is 21.9 Å². The van der Waals surface area contributed by atoms with Gasteiger partial charge in [-0.15, -0.1) is 0 Å². The highest BCUT2D eigenvalue weighted by Crippen LogP contribution is 2.29. The SMILES string of the molecule is CC(=O)CN1CCN(CC(=O)O)CCN(CC(=O)NCCOCCOc2cc(O)cc(C(=O)CC[C@H](NC(=O)c3c(Cl)cc(C(=O)CCc4cccc(O)c4)cc3Cl)C(=O)O)c2)CCN(CC(=O)O)CC1. The minimum absolute atomic E-state index is 0.00673. The molecule has 0 aromatic heterocycles. The Morgan fingerprint density at radius 3 is 1.75 bits per heavy atom. The molecule has 4 rings (SSSR count). The largest absolute Gasteiger partial charge is 0.508 e. The third kappa shape index (κ3) is 21.0. The summed E-state index contributed by atoms with van der Waals surface area (Å²) in [6.45, 7) is 4.17. The topological polar surface area (TPSA) is 293 Å². The molecule has 0 saturated carbocycles. The van der Waals surface area contributed by atoms with E-state index in [1.165, 1.54) is 49.4 Å². The summed E-state index contributed by atoms with van der Waals surface area (Å²) < 4.78 is 11.2. The normalized spacial score (nSPS) is 14.9. The molecule has 1 saturated heterocycles. The first kappa shape index (κ1) is 57.4. The van der Waals surface area contributed by atoms with E-state index in [9.17, 15) is 63.9 Å². The van der Waals surface area contributed by atoms with Gasteiger partial charge in [-0.05, 0) is 61.7 Å². The molecule has 1 atom stereocenters. The predicted molar refractivity (Wildman–Crippen MR) is 259 cm³/mol. The van der Waals surface area contributed by atoms with E-state index in [0.29, 0.717) is 58.8 Å². The number of carbonyl (C=O) groups excluding carboxylic acids is 5. The van der Waals surface area contributed by atoms with Crippen LogP contribution in [0.5, 0.6) is 17.2 Å². The monoisotopic (exact) mass is 1030 g/mol. The Bertz CT molecular complexity index is 2320. The molecule has 3 aromatic carbocycles. The number of ketones is 3. The molecular weight excluding hydrogens is 971 g/mol. The van der Waals surface area contributed by atoms with Gasteiger partial charge in [0.2, 0.25) is 5.91 Å². The molecule has 386 valence electrons. The fourth-order valence-corrected chi connectivity index (χ4v) is 8.21. The van der Waals surface area contributed by atoms with Crippen molar-refractivity contribution in [2.45, 2.75) is 38.6 Å². The highest BCUT2D eigenvalue weighted by Gasteiger charge is 2.26. The number of carboxylic acid groups (broad SMARTS) is 3. The van der Waals surface area contributed by atoms with Crippen LogP contribution in [0.4, 0.5) is 0 Å². The van der Waals surface area contributed by atoms with Crippen LogP contribution in [-0.4, -0.2) is 203 Å². The number of Topliss-reactive ketones (excluding diaryl/α,β-unsaturated/α-hetero) is 3. The summed E-state index contributed by atoms with van der Waals surface area (Å²) >= 11 is 12.7. The molecular formula is C48H60Cl2N6O15. The molecule has 1 aliphatic rings. The van der Waals surface area contributed by atoms with Gasteiger partial charge in [0.1, 0.15) is 35.7 Å². The molecule has 71 heavy (non-hydrogen) atoms. The summed E-state index contributed by atoms with van der Waals surface area (Å²) in [5.74, 6) is -5.85. The van der Waals surface area contributed by atoms with Crippen LogP contribution in [0.15, 0.2) is 54.6 Å². The van der Waals surface area contributed by atoms with Crippen LogP contribution in [0.3, 0.4) is 0 Å². The molecule has 0 spiro atoms. The third-order valence-electron chi connectivity index (χ3n) is 11.1. The van der Waals surface area contributed by atoms with Gasteiger partial charge in [-0.1, -0.05) is 35.3 Å². The maximum Gasteiger partial charge on any atom is 0.326 e. The molecule has 23 heteroatoms. The minimum atomic E-state index is -1.56. The van der Waals surface area contributed by atoms with Crippen molar-refractivity contribution in [3.05, 3.63) is 86.9 Å². The lowest BCUT2D eigenvalue weighted by Gasteiger charge is -2.33. The third-order valence-corrected chi connectivity index (χ3v) is 11.7. The Balaban J connectivity index is 1.22. The molecule has 21 nitrogen and oxygen atoms in total. The van der Waals surface area contributed by atoms with Crippen LogP contribution in [0.1, 0.15) is 62.8 Å². The van der Waals surface area contributed by atoms with Gasteiger partial charge in [0, 0.05) is 88.9 Å². The van der Waals surface area contributed by atoms with Crippen molar-refractivity contribution < 1.29 is 73.4 Å². The van der Waals surface area contributed by atoms with Crippen LogP contribution in [-0.2, 0) is 35.1 Å². The Kier molecular flexibility index (Phi) is 23.6. The number of carboxylic acids is 3. The molecule has 0 aliphatic carbocycles. The number of amides is 2. The molecule has 0 radical (unpaired) electrons. The van der Waals surface area contributed by atoms with Gasteiger partial charge in [-0.3, -0.25) is 53.2 Å². The van der Waals surface area contributed by atoms with Crippen molar-refractivity contribution in [3.8, 4) is 17.2 Å². The Hall–Kier alpha value is -6.20. The van der Waals surface area contributed by atoms with Crippen molar-refractivity contribution in [3.63, 3.8) is 0 Å². The highest BCUT2D eigenvalue weighted by atomic mass is 35.5. The first-order valence-electron chi connectivity index (χ1n) is 22.8. The van der Waals surface area contributed by atoms with Gasteiger partial charge in [0.05, 0.1) is 55.0 Å². The average molecular weight is 1030 g/mol. The number of halogens is 2. The second-order valence-corrected chi connectivity index (χ2v) is 17.7. The van der Waals surface area contributed by atoms with Gasteiger partial charge in [-0.2, -0.15) is 0 Å². The van der Waals surface area contributed by atoms with Crippen molar-refractivity contribution in [2.24, 2.45) is 0 Å². The van der Waals surface area contributed by atoms with Crippen molar-refractivity contribution in [2.75, 3.05) is 105 Å². The van der Waals surface area contributed by atoms with E-state index in [0.717, 1.165) is 5.56 Å². The van der Waals surface area contributed by atoms with Gasteiger partial charge in [-0.25, -0.2) is 4.79 Å². The zero-order chi connectivity index (χ0) is 52.0. The van der Waals surface area contributed by atoms with E-state index < -0.39 is 35.6 Å². The molecule has 0 bridgehead atoms. The lowest BCUT2D eigenvalue weighted by atomic mass is 10.0. The number of phenols is 2. The zero-order valence-corrected chi connectivity index (χ0v) is 40.8. The number of hydrogen-bond donors (Lipinski definition) is 7. The van der Waals surface area contributed by atoms with E-state index in [-0.39, 0.29) is 133 Å². The summed E-state index contributed by atoms with van der Waals surface area (Å²) in [5, 5.41) is 53.6. The first-order valence-corrected chi connectivity index (χ1v) is 23.5. The molecule has 3 aromatic rings. The van der Waals surface area contributed by atoms with Crippen LogP contribution < -0.4 is 15.4 Å². The number of benzene rings is 3. The Labute approximate surface area is 420 Å². The molecule has 1 heterocycles.